The van der Waals surface area contributed by atoms with E-state index in [0.717, 1.165) is 10.8 Å². The van der Waals surface area contributed by atoms with Crippen LogP contribution in [0.2, 0.25) is 0 Å². The number of benzene rings is 1. The van der Waals surface area contributed by atoms with Crippen LogP contribution >= 0.6 is 0 Å². The summed E-state index contributed by atoms with van der Waals surface area (Å²) < 4.78 is 4.62. The maximum absolute atomic E-state index is 11.4. The van der Waals surface area contributed by atoms with Crippen molar-refractivity contribution in [3.05, 3.63) is 42.2 Å². The Labute approximate surface area is 93.0 Å². The molecular weight excluding hydrogens is 204 g/mol. The van der Waals surface area contributed by atoms with Crippen molar-refractivity contribution in [3.63, 3.8) is 0 Å². The summed E-state index contributed by atoms with van der Waals surface area (Å²) >= 11 is 0. The molecule has 16 heavy (non-hydrogen) atoms. The molecule has 4 heteroatoms. The first kappa shape index (κ1) is 10.6. The van der Waals surface area contributed by atoms with Crippen molar-refractivity contribution in [2.75, 3.05) is 7.11 Å². The molecule has 1 atom stereocenters. The molecule has 2 aromatic rings. The fraction of sp³-hybridized carbons (Fsp3) is 0.167. The third kappa shape index (κ3) is 1.75. The van der Waals surface area contributed by atoms with E-state index in [1.807, 2.05) is 24.3 Å². The quantitative estimate of drug-likeness (QED) is 0.771. The summed E-state index contributed by atoms with van der Waals surface area (Å²) in [6.07, 6.45) is 3.34. The Morgan fingerprint density at radius 1 is 1.38 bits per heavy atom. The average molecular weight is 216 g/mol. The fourth-order valence-corrected chi connectivity index (χ4v) is 1.64. The van der Waals surface area contributed by atoms with Gasteiger partial charge < -0.3 is 10.5 Å². The lowest BCUT2D eigenvalue weighted by atomic mass is 10.0. The van der Waals surface area contributed by atoms with Gasteiger partial charge >= 0.3 is 5.97 Å². The number of aromatic nitrogens is 1. The second-order valence-electron chi connectivity index (χ2n) is 3.45. The van der Waals surface area contributed by atoms with Gasteiger partial charge in [-0.3, -0.25) is 9.78 Å². The molecule has 4 nitrogen and oxygen atoms in total. The molecule has 0 saturated carbocycles. The van der Waals surface area contributed by atoms with Crippen LogP contribution in [-0.4, -0.2) is 18.1 Å². The smallest absolute Gasteiger partial charge is 0.327 e. The number of nitrogens with two attached hydrogens (primary N) is 1. The van der Waals surface area contributed by atoms with Gasteiger partial charge in [0.25, 0.3) is 0 Å². The number of hydrogen-bond acceptors (Lipinski definition) is 4. The standard InChI is InChI=1S/C12H12N2O2/c1-16-12(15)11(13)10-7-14-6-8-4-2-3-5-9(8)10/h2-7,11H,13H2,1H3. The fourth-order valence-electron chi connectivity index (χ4n) is 1.64. The molecule has 0 bridgehead atoms. The number of pyridine rings is 1. The summed E-state index contributed by atoms with van der Waals surface area (Å²) in [6, 6.07) is 6.86. The zero-order valence-corrected chi connectivity index (χ0v) is 8.88. The van der Waals surface area contributed by atoms with Gasteiger partial charge in [0, 0.05) is 23.3 Å². The van der Waals surface area contributed by atoms with Crippen molar-refractivity contribution in [1.29, 1.82) is 0 Å². The molecule has 0 saturated heterocycles. The molecule has 82 valence electrons. The third-order valence-corrected chi connectivity index (χ3v) is 2.49. The topological polar surface area (TPSA) is 65.2 Å². The van der Waals surface area contributed by atoms with E-state index in [2.05, 4.69) is 9.72 Å². The molecule has 0 amide bonds. The van der Waals surface area contributed by atoms with Gasteiger partial charge in [0.05, 0.1) is 7.11 Å². The first-order valence-electron chi connectivity index (χ1n) is 4.90. The van der Waals surface area contributed by atoms with Gasteiger partial charge in [0.2, 0.25) is 0 Å². The number of hydrogen-bond donors (Lipinski definition) is 1. The number of nitrogens with zero attached hydrogens (tertiary/aromatic N) is 1. The van der Waals surface area contributed by atoms with Gasteiger partial charge in [0.15, 0.2) is 0 Å². The summed E-state index contributed by atoms with van der Waals surface area (Å²) in [5.74, 6) is -0.460. The van der Waals surface area contributed by atoms with Crippen LogP contribution in [0, 0.1) is 0 Å². The van der Waals surface area contributed by atoms with Gasteiger partial charge in [-0.1, -0.05) is 24.3 Å². The van der Waals surface area contributed by atoms with Crippen molar-refractivity contribution < 1.29 is 9.53 Å². The van der Waals surface area contributed by atoms with Crippen molar-refractivity contribution in [3.8, 4) is 0 Å². The van der Waals surface area contributed by atoms with Gasteiger partial charge in [-0.15, -0.1) is 0 Å². The predicted molar refractivity (Wildman–Crippen MR) is 60.7 cm³/mol. The largest absolute Gasteiger partial charge is 0.468 e. The van der Waals surface area contributed by atoms with Crippen LogP contribution in [0.1, 0.15) is 11.6 Å². The summed E-state index contributed by atoms with van der Waals surface area (Å²) in [6.45, 7) is 0. The van der Waals surface area contributed by atoms with Gasteiger partial charge in [-0.25, -0.2) is 0 Å². The number of methoxy groups -OCH3 is 1. The summed E-state index contributed by atoms with van der Waals surface area (Å²) in [5.41, 5.74) is 6.49. The minimum absolute atomic E-state index is 0.460. The second kappa shape index (κ2) is 4.28. The number of rotatable bonds is 2. The molecule has 0 radical (unpaired) electrons. The molecule has 1 aromatic carbocycles. The lowest BCUT2D eigenvalue weighted by molar-refractivity contribution is -0.142. The number of esters is 1. The molecule has 2 rings (SSSR count). The number of carbonyl (C=O) groups is 1. The minimum Gasteiger partial charge on any atom is -0.468 e. The van der Waals surface area contributed by atoms with Crippen molar-refractivity contribution in [2.45, 2.75) is 6.04 Å². The van der Waals surface area contributed by atoms with Crippen molar-refractivity contribution >= 4 is 16.7 Å². The van der Waals surface area contributed by atoms with E-state index < -0.39 is 12.0 Å². The SMILES string of the molecule is COC(=O)C(N)c1cncc2ccccc12. The summed E-state index contributed by atoms with van der Waals surface area (Å²) in [7, 11) is 1.32. The zero-order valence-electron chi connectivity index (χ0n) is 8.88. The van der Waals surface area contributed by atoms with Crippen LogP contribution in [0.4, 0.5) is 0 Å². The minimum atomic E-state index is -0.788. The lowest BCUT2D eigenvalue weighted by Crippen LogP contribution is -2.22. The highest BCUT2D eigenvalue weighted by Gasteiger charge is 2.18. The normalized spacial score (nSPS) is 12.4. The molecule has 2 N–H and O–H groups in total. The first-order chi connectivity index (χ1) is 7.74. The van der Waals surface area contributed by atoms with Crippen LogP contribution < -0.4 is 5.73 Å². The molecule has 0 fully saturated rings. The molecule has 0 aliphatic rings. The van der Waals surface area contributed by atoms with E-state index in [9.17, 15) is 4.79 Å². The Bertz CT molecular complexity index is 520. The highest BCUT2D eigenvalue weighted by Crippen LogP contribution is 2.22. The Balaban J connectivity index is 2.56. The van der Waals surface area contributed by atoms with Crippen LogP contribution in [0.15, 0.2) is 36.7 Å². The Kier molecular flexibility index (Phi) is 2.83. The van der Waals surface area contributed by atoms with E-state index >= 15 is 0 Å². The Morgan fingerprint density at radius 2 is 2.12 bits per heavy atom. The summed E-state index contributed by atoms with van der Waals surface area (Å²) in [4.78, 5) is 15.4. The van der Waals surface area contributed by atoms with Crippen LogP contribution in [0.25, 0.3) is 10.8 Å². The lowest BCUT2D eigenvalue weighted by Gasteiger charge is -2.11. The van der Waals surface area contributed by atoms with Crippen LogP contribution in [0.5, 0.6) is 0 Å². The van der Waals surface area contributed by atoms with E-state index in [0.29, 0.717) is 5.56 Å². The van der Waals surface area contributed by atoms with Crippen molar-refractivity contribution in [2.24, 2.45) is 5.73 Å². The van der Waals surface area contributed by atoms with E-state index in [4.69, 9.17) is 5.73 Å². The van der Waals surface area contributed by atoms with Gasteiger partial charge in [-0.2, -0.15) is 0 Å². The van der Waals surface area contributed by atoms with E-state index in [-0.39, 0.29) is 0 Å². The molecule has 0 aliphatic carbocycles. The molecule has 1 unspecified atom stereocenters. The maximum atomic E-state index is 11.4. The molecule has 1 heterocycles. The van der Waals surface area contributed by atoms with Crippen LogP contribution in [-0.2, 0) is 9.53 Å². The zero-order chi connectivity index (χ0) is 11.5. The van der Waals surface area contributed by atoms with Gasteiger partial charge in [0.1, 0.15) is 6.04 Å². The summed E-state index contributed by atoms with van der Waals surface area (Å²) in [5, 5.41) is 1.88. The Morgan fingerprint density at radius 3 is 2.88 bits per heavy atom. The molecule has 0 spiro atoms. The highest BCUT2D eigenvalue weighted by molar-refractivity contribution is 5.90. The first-order valence-corrected chi connectivity index (χ1v) is 4.90. The van der Waals surface area contributed by atoms with E-state index in [1.54, 1.807) is 12.4 Å². The number of fused-ring (bicyclic) bond motifs is 1. The molecule has 0 aliphatic heterocycles. The highest BCUT2D eigenvalue weighted by atomic mass is 16.5. The average Bonchev–Trinajstić information content (AvgIpc) is 2.36. The third-order valence-electron chi connectivity index (χ3n) is 2.49. The van der Waals surface area contributed by atoms with E-state index in [1.165, 1.54) is 7.11 Å². The van der Waals surface area contributed by atoms with Crippen LogP contribution in [0.3, 0.4) is 0 Å². The molecule has 1 aromatic heterocycles. The monoisotopic (exact) mass is 216 g/mol. The second-order valence-corrected chi connectivity index (χ2v) is 3.45. The molecular formula is C12H12N2O2. The maximum Gasteiger partial charge on any atom is 0.327 e. The number of carbonyl (C=O) groups excluding carboxylic acids is 1. The Hall–Kier alpha value is -1.94. The predicted octanol–water partition coefficient (Wildman–Crippen LogP) is 1.41. The number of ether oxygens (including phenoxy) is 1. The van der Waals surface area contributed by atoms with Crippen molar-refractivity contribution in [1.82, 2.24) is 4.98 Å². The van der Waals surface area contributed by atoms with Gasteiger partial charge in [-0.05, 0) is 5.39 Å².